The lowest BCUT2D eigenvalue weighted by Gasteiger charge is -2.17. The minimum absolute atomic E-state index is 0.0854. The van der Waals surface area contributed by atoms with Crippen LogP contribution in [0.5, 0.6) is 0 Å². The van der Waals surface area contributed by atoms with Crippen LogP contribution >= 0.6 is 11.8 Å². The Morgan fingerprint density at radius 2 is 1.59 bits per heavy atom. The van der Waals surface area contributed by atoms with Gasteiger partial charge in [-0.2, -0.15) is 11.8 Å². The fourth-order valence-electron chi connectivity index (χ4n) is 3.76. The Morgan fingerprint density at radius 3 is 2.15 bits per heavy atom. The van der Waals surface area contributed by atoms with E-state index in [-0.39, 0.29) is 17.6 Å². The van der Waals surface area contributed by atoms with Crippen molar-refractivity contribution < 1.29 is 14.4 Å². The molecule has 0 unspecified atom stereocenters. The van der Waals surface area contributed by atoms with Gasteiger partial charge in [-0.1, -0.05) is 18.2 Å². The van der Waals surface area contributed by atoms with E-state index in [4.69, 9.17) is 0 Å². The molecule has 4 nitrogen and oxygen atoms in total. The van der Waals surface area contributed by atoms with Crippen molar-refractivity contribution in [1.82, 2.24) is 4.90 Å². The number of imide groups is 1. The molecule has 0 saturated heterocycles. The third-order valence-electron chi connectivity index (χ3n) is 5.07. The molecular formula is C22H23NO3S. The summed E-state index contributed by atoms with van der Waals surface area (Å²) in [5, 5.41) is 0. The first kappa shape index (κ1) is 19.4. The first-order valence-electron chi connectivity index (χ1n) is 8.96. The number of carbonyl (C=O) groups excluding carboxylic acids is 3. The number of carbonyl (C=O) groups is 3. The molecule has 3 rings (SSSR count). The molecule has 1 aliphatic heterocycles. The number of aryl methyl sites for hydroxylation is 2. The van der Waals surface area contributed by atoms with Crippen LogP contribution in [0.3, 0.4) is 0 Å². The smallest absolute Gasteiger partial charge is 0.261 e. The van der Waals surface area contributed by atoms with Crippen molar-refractivity contribution in [3.63, 3.8) is 0 Å². The molecule has 1 heterocycles. The van der Waals surface area contributed by atoms with Crippen molar-refractivity contribution >= 4 is 29.4 Å². The molecular weight excluding hydrogens is 358 g/mol. The van der Waals surface area contributed by atoms with Gasteiger partial charge in [-0.3, -0.25) is 19.3 Å². The maximum absolute atomic E-state index is 12.4. The number of thioether (sulfide) groups is 1. The van der Waals surface area contributed by atoms with E-state index in [1.807, 2.05) is 13.8 Å². The van der Waals surface area contributed by atoms with Gasteiger partial charge in [0.1, 0.15) is 0 Å². The monoisotopic (exact) mass is 381 g/mol. The summed E-state index contributed by atoms with van der Waals surface area (Å²) >= 11 is 1.67. The molecule has 140 valence electrons. The summed E-state index contributed by atoms with van der Waals surface area (Å²) in [5.41, 5.74) is 6.16. The van der Waals surface area contributed by atoms with E-state index in [9.17, 15) is 14.4 Å². The van der Waals surface area contributed by atoms with Crippen LogP contribution in [0.2, 0.25) is 0 Å². The average molecular weight is 381 g/mol. The Bertz CT molecular complexity index is 914. The predicted octanol–water partition coefficient (Wildman–Crippen LogP) is 4.34. The molecule has 27 heavy (non-hydrogen) atoms. The first-order valence-corrected chi connectivity index (χ1v) is 10.1. The lowest BCUT2D eigenvalue weighted by molar-refractivity contribution is 0.0664. The summed E-state index contributed by atoms with van der Waals surface area (Å²) in [6.45, 7) is 8.01. The molecule has 0 fully saturated rings. The highest BCUT2D eigenvalue weighted by Gasteiger charge is 2.34. The van der Waals surface area contributed by atoms with Crippen molar-refractivity contribution in [3.8, 4) is 0 Å². The normalized spacial score (nSPS) is 13.3. The molecule has 0 aliphatic carbocycles. The second-order valence-electron chi connectivity index (χ2n) is 6.91. The molecule has 2 aromatic rings. The van der Waals surface area contributed by atoms with Crippen LogP contribution in [0.1, 0.15) is 60.3 Å². The summed E-state index contributed by atoms with van der Waals surface area (Å²) in [4.78, 5) is 38.1. The van der Waals surface area contributed by atoms with E-state index in [2.05, 4.69) is 13.0 Å². The third-order valence-corrected chi connectivity index (χ3v) is 6.03. The van der Waals surface area contributed by atoms with Gasteiger partial charge in [0, 0.05) is 23.6 Å². The second-order valence-corrected chi connectivity index (χ2v) is 8.01. The largest absolute Gasteiger partial charge is 0.294 e. The van der Waals surface area contributed by atoms with Crippen molar-refractivity contribution in [2.75, 3.05) is 12.3 Å². The van der Waals surface area contributed by atoms with Gasteiger partial charge in [0.05, 0.1) is 11.1 Å². The highest BCUT2D eigenvalue weighted by Crippen LogP contribution is 2.27. The lowest BCUT2D eigenvalue weighted by Crippen LogP contribution is -2.31. The number of ketones is 1. The summed E-state index contributed by atoms with van der Waals surface area (Å²) < 4.78 is 0. The Hall–Kier alpha value is -2.40. The van der Waals surface area contributed by atoms with Gasteiger partial charge >= 0.3 is 0 Å². The van der Waals surface area contributed by atoms with E-state index in [0.29, 0.717) is 23.4 Å². The minimum Gasteiger partial charge on any atom is -0.294 e. The zero-order valence-electron chi connectivity index (χ0n) is 16.1. The number of hydrogen-bond donors (Lipinski definition) is 0. The number of Topliss-reactive ketones (excluding diaryl/α,β-unsaturated/α-hetero) is 1. The Kier molecular flexibility index (Phi) is 5.51. The first-order chi connectivity index (χ1) is 12.8. The molecule has 2 aromatic carbocycles. The van der Waals surface area contributed by atoms with E-state index in [1.165, 1.54) is 10.5 Å². The number of rotatable bonds is 6. The minimum atomic E-state index is -0.210. The molecule has 1 aliphatic rings. The SMILES string of the molecule is CC(=O)c1c(C)cc(C)c(CSCCN2C(=O)c3ccccc3C2=O)c1C. The zero-order chi connectivity index (χ0) is 19.7. The Morgan fingerprint density at radius 1 is 1.00 bits per heavy atom. The number of benzene rings is 2. The molecule has 2 amide bonds. The summed E-state index contributed by atoms with van der Waals surface area (Å²) in [6.07, 6.45) is 0. The predicted molar refractivity (Wildman–Crippen MR) is 109 cm³/mol. The highest BCUT2D eigenvalue weighted by molar-refractivity contribution is 7.98. The number of nitrogens with zero attached hydrogens (tertiary/aromatic N) is 1. The molecule has 0 saturated carbocycles. The molecule has 0 radical (unpaired) electrons. The van der Waals surface area contributed by atoms with Crippen molar-refractivity contribution in [3.05, 3.63) is 69.3 Å². The fraction of sp³-hybridized carbons (Fsp3) is 0.318. The molecule has 0 spiro atoms. The maximum atomic E-state index is 12.4. The van der Waals surface area contributed by atoms with E-state index < -0.39 is 0 Å². The molecule has 5 heteroatoms. The van der Waals surface area contributed by atoms with E-state index in [0.717, 1.165) is 28.0 Å². The van der Waals surface area contributed by atoms with Crippen LogP contribution in [0.15, 0.2) is 30.3 Å². The van der Waals surface area contributed by atoms with Crippen molar-refractivity contribution in [2.24, 2.45) is 0 Å². The molecule has 0 bridgehead atoms. The van der Waals surface area contributed by atoms with Crippen LogP contribution in [0.4, 0.5) is 0 Å². The van der Waals surface area contributed by atoms with Crippen LogP contribution in [-0.2, 0) is 5.75 Å². The quantitative estimate of drug-likeness (QED) is 0.424. The summed E-state index contributed by atoms with van der Waals surface area (Å²) in [5.74, 6) is 1.08. The molecule has 0 N–H and O–H groups in total. The standard InChI is InChI=1S/C22H23NO3S/c1-13-11-14(2)20(16(4)24)15(3)19(13)12-27-10-9-23-21(25)17-7-5-6-8-18(17)22(23)26/h5-8,11H,9-10,12H2,1-4H3. The van der Waals surface area contributed by atoms with E-state index >= 15 is 0 Å². The third kappa shape index (κ3) is 3.56. The summed E-state index contributed by atoms with van der Waals surface area (Å²) in [6, 6.07) is 9.01. The van der Waals surface area contributed by atoms with Crippen LogP contribution in [0.25, 0.3) is 0 Å². The van der Waals surface area contributed by atoms with Crippen LogP contribution in [-0.4, -0.2) is 34.8 Å². The van der Waals surface area contributed by atoms with E-state index in [1.54, 1.807) is 43.0 Å². The average Bonchev–Trinajstić information content (AvgIpc) is 2.85. The topological polar surface area (TPSA) is 54.5 Å². The Labute approximate surface area is 163 Å². The van der Waals surface area contributed by atoms with Gasteiger partial charge in [-0.15, -0.1) is 0 Å². The lowest BCUT2D eigenvalue weighted by atomic mass is 9.92. The van der Waals surface area contributed by atoms with Gasteiger partial charge in [0.2, 0.25) is 0 Å². The zero-order valence-corrected chi connectivity index (χ0v) is 16.9. The number of fused-ring (bicyclic) bond motifs is 1. The molecule has 0 aromatic heterocycles. The second kappa shape index (κ2) is 7.69. The van der Waals surface area contributed by atoms with Gasteiger partial charge in [0.15, 0.2) is 5.78 Å². The van der Waals surface area contributed by atoms with Crippen LogP contribution < -0.4 is 0 Å². The van der Waals surface area contributed by atoms with Gasteiger partial charge in [-0.25, -0.2) is 0 Å². The number of hydrogen-bond acceptors (Lipinski definition) is 4. The maximum Gasteiger partial charge on any atom is 0.261 e. The van der Waals surface area contributed by atoms with Crippen LogP contribution in [0, 0.1) is 20.8 Å². The Balaban J connectivity index is 1.65. The van der Waals surface area contributed by atoms with Gasteiger partial charge in [0.25, 0.3) is 11.8 Å². The van der Waals surface area contributed by atoms with Gasteiger partial charge < -0.3 is 0 Å². The fourth-order valence-corrected chi connectivity index (χ4v) is 4.87. The van der Waals surface area contributed by atoms with Crippen molar-refractivity contribution in [2.45, 2.75) is 33.4 Å². The number of amides is 2. The van der Waals surface area contributed by atoms with Gasteiger partial charge in [-0.05, 0) is 62.1 Å². The summed E-state index contributed by atoms with van der Waals surface area (Å²) in [7, 11) is 0. The highest BCUT2D eigenvalue weighted by atomic mass is 32.2. The molecule has 0 atom stereocenters. The van der Waals surface area contributed by atoms with Crippen molar-refractivity contribution in [1.29, 1.82) is 0 Å².